The Labute approximate surface area is 159 Å². The normalized spacial score (nSPS) is 16.3. The third-order valence-electron chi connectivity index (χ3n) is 4.92. The molecule has 5 heteroatoms. The molecule has 2 heterocycles. The SMILES string of the molecule is CN(C)Cc1cccc(C2CC(=O)Nc3c2cnn3Cc2ccccc2)c1. The molecule has 0 spiro atoms. The minimum Gasteiger partial charge on any atom is -0.311 e. The fourth-order valence-corrected chi connectivity index (χ4v) is 3.72. The summed E-state index contributed by atoms with van der Waals surface area (Å²) in [6.07, 6.45) is 2.36. The molecule has 1 aliphatic heterocycles. The molecule has 1 aromatic heterocycles. The van der Waals surface area contributed by atoms with E-state index in [9.17, 15) is 4.79 Å². The molecule has 0 fully saturated rings. The quantitative estimate of drug-likeness (QED) is 0.758. The van der Waals surface area contributed by atoms with Gasteiger partial charge in [-0.05, 0) is 30.8 Å². The van der Waals surface area contributed by atoms with Gasteiger partial charge < -0.3 is 10.2 Å². The average Bonchev–Trinajstić information content (AvgIpc) is 3.04. The van der Waals surface area contributed by atoms with Crippen LogP contribution in [0.5, 0.6) is 0 Å². The van der Waals surface area contributed by atoms with Crippen molar-refractivity contribution >= 4 is 11.7 Å². The maximum Gasteiger partial charge on any atom is 0.226 e. The molecule has 0 saturated carbocycles. The lowest BCUT2D eigenvalue weighted by atomic mass is 9.86. The summed E-state index contributed by atoms with van der Waals surface area (Å²) in [7, 11) is 4.12. The molecule has 0 saturated heterocycles. The van der Waals surface area contributed by atoms with E-state index in [1.807, 2.05) is 29.1 Å². The minimum absolute atomic E-state index is 0.0420. The van der Waals surface area contributed by atoms with Crippen LogP contribution in [0.15, 0.2) is 60.8 Å². The van der Waals surface area contributed by atoms with Crippen molar-refractivity contribution < 1.29 is 4.79 Å². The van der Waals surface area contributed by atoms with Crippen molar-refractivity contribution in [1.82, 2.24) is 14.7 Å². The van der Waals surface area contributed by atoms with Gasteiger partial charge in [0.1, 0.15) is 5.82 Å². The van der Waals surface area contributed by atoms with Gasteiger partial charge in [0.05, 0.1) is 12.7 Å². The number of nitrogens with zero attached hydrogens (tertiary/aromatic N) is 3. The number of carbonyl (C=O) groups excluding carboxylic acids is 1. The van der Waals surface area contributed by atoms with Crippen LogP contribution in [0, 0.1) is 0 Å². The largest absolute Gasteiger partial charge is 0.311 e. The summed E-state index contributed by atoms with van der Waals surface area (Å²) in [4.78, 5) is 14.6. The zero-order valence-electron chi connectivity index (χ0n) is 15.7. The van der Waals surface area contributed by atoms with E-state index in [1.54, 1.807) is 0 Å². The van der Waals surface area contributed by atoms with Crippen LogP contribution in [0.3, 0.4) is 0 Å². The summed E-state index contributed by atoms with van der Waals surface area (Å²) in [5.41, 5.74) is 4.67. The smallest absolute Gasteiger partial charge is 0.226 e. The molecule has 3 aromatic rings. The van der Waals surface area contributed by atoms with Gasteiger partial charge in [-0.3, -0.25) is 4.79 Å². The summed E-state index contributed by atoms with van der Waals surface area (Å²) < 4.78 is 1.89. The summed E-state index contributed by atoms with van der Waals surface area (Å²) in [6.45, 7) is 1.52. The first-order chi connectivity index (χ1) is 13.1. The first-order valence-corrected chi connectivity index (χ1v) is 9.23. The maximum atomic E-state index is 12.4. The van der Waals surface area contributed by atoms with Crippen LogP contribution in [0.2, 0.25) is 0 Å². The van der Waals surface area contributed by atoms with Gasteiger partial charge in [0, 0.05) is 24.4 Å². The van der Waals surface area contributed by atoms with Gasteiger partial charge in [-0.2, -0.15) is 5.10 Å². The van der Waals surface area contributed by atoms with Gasteiger partial charge in [0.2, 0.25) is 5.91 Å². The third kappa shape index (κ3) is 3.78. The molecular weight excluding hydrogens is 336 g/mol. The average molecular weight is 360 g/mol. The van der Waals surface area contributed by atoms with E-state index in [0.717, 1.165) is 23.5 Å². The molecule has 2 aromatic carbocycles. The van der Waals surface area contributed by atoms with E-state index in [-0.39, 0.29) is 11.8 Å². The lowest BCUT2D eigenvalue weighted by Gasteiger charge is -2.24. The van der Waals surface area contributed by atoms with Crippen molar-refractivity contribution in [2.75, 3.05) is 19.4 Å². The number of aromatic nitrogens is 2. The fourth-order valence-electron chi connectivity index (χ4n) is 3.72. The van der Waals surface area contributed by atoms with E-state index in [0.29, 0.717) is 13.0 Å². The molecule has 1 unspecified atom stereocenters. The van der Waals surface area contributed by atoms with Crippen LogP contribution in [-0.4, -0.2) is 34.7 Å². The Morgan fingerprint density at radius 2 is 1.89 bits per heavy atom. The molecule has 0 aliphatic carbocycles. The molecule has 1 amide bonds. The lowest BCUT2D eigenvalue weighted by molar-refractivity contribution is -0.116. The first kappa shape index (κ1) is 17.5. The van der Waals surface area contributed by atoms with Crippen molar-refractivity contribution in [2.45, 2.75) is 25.4 Å². The molecule has 5 nitrogen and oxygen atoms in total. The molecule has 1 atom stereocenters. The Morgan fingerprint density at radius 1 is 1.11 bits per heavy atom. The summed E-state index contributed by atoms with van der Waals surface area (Å²) in [5.74, 6) is 0.902. The Kier molecular flexibility index (Phi) is 4.77. The predicted molar refractivity (Wildman–Crippen MR) is 107 cm³/mol. The van der Waals surface area contributed by atoms with E-state index in [4.69, 9.17) is 0 Å². The summed E-state index contributed by atoms with van der Waals surface area (Å²) >= 11 is 0. The number of nitrogens with one attached hydrogen (secondary N) is 1. The number of benzene rings is 2. The number of hydrogen-bond acceptors (Lipinski definition) is 3. The molecule has 1 N–H and O–H groups in total. The van der Waals surface area contributed by atoms with Crippen molar-refractivity contribution in [2.24, 2.45) is 0 Å². The highest BCUT2D eigenvalue weighted by Gasteiger charge is 2.30. The van der Waals surface area contributed by atoms with Gasteiger partial charge >= 0.3 is 0 Å². The fraction of sp³-hybridized carbons (Fsp3) is 0.273. The van der Waals surface area contributed by atoms with Crippen molar-refractivity contribution in [3.8, 4) is 0 Å². The maximum absolute atomic E-state index is 12.4. The number of rotatable bonds is 5. The topological polar surface area (TPSA) is 50.2 Å². The highest BCUT2D eigenvalue weighted by atomic mass is 16.1. The Balaban J connectivity index is 1.67. The third-order valence-corrected chi connectivity index (χ3v) is 4.92. The zero-order valence-corrected chi connectivity index (χ0v) is 15.7. The highest BCUT2D eigenvalue weighted by Crippen LogP contribution is 2.37. The highest BCUT2D eigenvalue weighted by molar-refractivity contribution is 5.94. The van der Waals surface area contributed by atoms with Crippen molar-refractivity contribution in [3.63, 3.8) is 0 Å². The van der Waals surface area contributed by atoms with Gasteiger partial charge in [0.25, 0.3) is 0 Å². The van der Waals surface area contributed by atoms with Gasteiger partial charge in [0.15, 0.2) is 0 Å². The molecule has 0 radical (unpaired) electrons. The van der Waals surface area contributed by atoms with Crippen LogP contribution in [0.1, 0.15) is 34.6 Å². The van der Waals surface area contributed by atoms with Gasteiger partial charge in [-0.15, -0.1) is 0 Å². The second-order valence-corrected chi connectivity index (χ2v) is 7.38. The van der Waals surface area contributed by atoms with Crippen LogP contribution in [0.25, 0.3) is 0 Å². The zero-order chi connectivity index (χ0) is 18.8. The summed E-state index contributed by atoms with van der Waals surface area (Å²) in [6, 6.07) is 18.7. The molecule has 1 aliphatic rings. The van der Waals surface area contributed by atoms with Gasteiger partial charge in [-0.25, -0.2) is 4.68 Å². The predicted octanol–water partition coefficient (Wildman–Crippen LogP) is 3.47. The standard InChI is InChI=1S/C22H24N4O/c1-25(2)14-17-9-6-10-18(11-17)19-12-21(27)24-22-20(19)13-23-26(22)15-16-7-4-3-5-8-16/h3-11,13,19H,12,14-15H2,1-2H3,(H,24,27). The van der Waals surface area contributed by atoms with E-state index in [2.05, 4.69) is 65.8 Å². The lowest BCUT2D eigenvalue weighted by Crippen LogP contribution is -2.25. The minimum atomic E-state index is 0.0420. The van der Waals surface area contributed by atoms with Crippen LogP contribution < -0.4 is 5.32 Å². The second kappa shape index (κ2) is 7.37. The van der Waals surface area contributed by atoms with Crippen LogP contribution in [-0.2, 0) is 17.9 Å². The summed E-state index contributed by atoms with van der Waals surface area (Å²) in [5, 5.41) is 7.60. The van der Waals surface area contributed by atoms with E-state index < -0.39 is 0 Å². The Bertz CT molecular complexity index is 946. The molecule has 0 bridgehead atoms. The van der Waals surface area contributed by atoms with Gasteiger partial charge in [-0.1, -0.05) is 54.6 Å². The van der Waals surface area contributed by atoms with Crippen molar-refractivity contribution in [3.05, 3.63) is 83.0 Å². The molecular formula is C22H24N4O. The number of amides is 1. The Morgan fingerprint density at radius 3 is 2.67 bits per heavy atom. The molecule has 27 heavy (non-hydrogen) atoms. The number of fused-ring (bicyclic) bond motifs is 1. The number of anilines is 1. The van der Waals surface area contributed by atoms with Crippen LogP contribution >= 0.6 is 0 Å². The van der Waals surface area contributed by atoms with Crippen LogP contribution in [0.4, 0.5) is 5.82 Å². The van der Waals surface area contributed by atoms with E-state index in [1.165, 1.54) is 11.1 Å². The number of hydrogen-bond donors (Lipinski definition) is 1. The number of carbonyl (C=O) groups is 1. The first-order valence-electron chi connectivity index (χ1n) is 9.23. The van der Waals surface area contributed by atoms with Crippen molar-refractivity contribution in [1.29, 1.82) is 0 Å². The molecule has 138 valence electrons. The monoisotopic (exact) mass is 360 g/mol. The van der Waals surface area contributed by atoms with E-state index >= 15 is 0 Å². The second-order valence-electron chi connectivity index (χ2n) is 7.38. The molecule has 4 rings (SSSR count). The Hall–Kier alpha value is -2.92.